The molecule has 1 fully saturated rings. The number of carbonyl (C=O) groups excluding carboxylic acids is 2. The zero-order valence-corrected chi connectivity index (χ0v) is 19.3. The number of aromatic nitrogens is 4. The van der Waals surface area contributed by atoms with Crippen molar-refractivity contribution in [2.24, 2.45) is 0 Å². The first-order valence-corrected chi connectivity index (χ1v) is 12.0. The number of hydrogen-bond donors (Lipinski definition) is 1. The zero-order chi connectivity index (χ0) is 22.5. The van der Waals surface area contributed by atoms with Gasteiger partial charge in [-0.1, -0.05) is 36.4 Å². The van der Waals surface area contributed by atoms with E-state index in [9.17, 15) is 9.59 Å². The van der Waals surface area contributed by atoms with Crippen molar-refractivity contribution in [2.45, 2.75) is 50.4 Å². The number of carbonyl (C=O) groups is 2. The molecule has 8 nitrogen and oxygen atoms in total. The molecular formula is C23H28N6O2S. The summed E-state index contributed by atoms with van der Waals surface area (Å²) in [6.07, 6.45) is 3.70. The van der Waals surface area contributed by atoms with Crippen molar-refractivity contribution in [3.8, 4) is 0 Å². The molecule has 0 unspecified atom stereocenters. The van der Waals surface area contributed by atoms with Crippen LogP contribution < -0.4 is 5.32 Å². The van der Waals surface area contributed by atoms with Crippen molar-refractivity contribution in [1.82, 2.24) is 29.8 Å². The average molecular weight is 453 g/mol. The van der Waals surface area contributed by atoms with Crippen LogP contribution in [0.25, 0.3) is 5.78 Å². The Morgan fingerprint density at radius 1 is 1.16 bits per heavy atom. The first-order chi connectivity index (χ1) is 15.5. The van der Waals surface area contributed by atoms with Gasteiger partial charge in [0, 0.05) is 48.8 Å². The van der Waals surface area contributed by atoms with Crippen LogP contribution in [0.15, 0.2) is 35.5 Å². The smallest absolute Gasteiger partial charge is 0.253 e. The van der Waals surface area contributed by atoms with Gasteiger partial charge in [-0.2, -0.15) is 4.98 Å². The highest BCUT2D eigenvalue weighted by Crippen LogP contribution is 2.23. The summed E-state index contributed by atoms with van der Waals surface area (Å²) in [5.41, 5.74) is 3.44. The van der Waals surface area contributed by atoms with Crippen LogP contribution in [0, 0.1) is 13.8 Å². The minimum atomic E-state index is -0.125. The molecule has 0 radical (unpaired) electrons. The topological polar surface area (TPSA) is 92.5 Å². The largest absolute Gasteiger partial charge is 0.350 e. The Labute approximate surface area is 191 Å². The highest BCUT2D eigenvalue weighted by molar-refractivity contribution is 7.98. The van der Waals surface area contributed by atoms with E-state index >= 15 is 0 Å². The quantitative estimate of drug-likeness (QED) is 0.554. The van der Waals surface area contributed by atoms with Gasteiger partial charge in [0.05, 0.1) is 0 Å². The van der Waals surface area contributed by atoms with Gasteiger partial charge in [-0.05, 0) is 44.4 Å². The maximum Gasteiger partial charge on any atom is 0.253 e. The second-order valence-electron chi connectivity index (χ2n) is 8.04. The fourth-order valence-corrected chi connectivity index (χ4v) is 4.72. The Bertz CT molecular complexity index is 1130. The average Bonchev–Trinajstić information content (AvgIpc) is 3.08. The lowest BCUT2D eigenvalue weighted by Crippen LogP contribution is -2.38. The molecule has 1 saturated heterocycles. The molecule has 1 aromatic carbocycles. The monoisotopic (exact) mass is 452 g/mol. The molecule has 32 heavy (non-hydrogen) atoms. The summed E-state index contributed by atoms with van der Waals surface area (Å²) in [5, 5.41) is 8.13. The lowest BCUT2D eigenvalue weighted by molar-refractivity contribution is -0.130. The van der Waals surface area contributed by atoms with Gasteiger partial charge in [-0.15, -0.1) is 5.10 Å². The van der Waals surface area contributed by atoms with Crippen LogP contribution in [-0.4, -0.2) is 55.9 Å². The van der Waals surface area contributed by atoms with E-state index in [1.54, 1.807) is 4.52 Å². The van der Waals surface area contributed by atoms with Gasteiger partial charge < -0.3 is 10.2 Å². The van der Waals surface area contributed by atoms with Crippen LogP contribution in [0.4, 0.5) is 0 Å². The van der Waals surface area contributed by atoms with E-state index < -0.39 is 0 Å². The molecule has 3 heterocycles. The van der Waals surface area contributed by atoms with Gasteiger partial charge >= 0.3 is 0 Å². The fraction of sp³-hybridized carbons (Fsp3) is 0.435. The summed E-state index contributed by atoms with van der Waals surface area (Å²) < 4.78 is 1.73. The van der Waals surface area contributed by atoms with Crippen molar-refractivity contribution < 1.29 is 9.59 Å². The van der Waals surface area contributed by atoms with E-state index in [0.29, 0.717) is 41.8 Å². The van der Waals surface area contributed by atoms with E-state index in [2.05, 4.69) is 20.4 Å². The van der Waals surface area contributed by atoms with Crippen LogP contribution in [-0.2, 0) is 10.5 Å². The normalized spacial score (nSPS) is 14.6. The number of fused-ring (bicyclic) bond motifs is 1. The van der Waals surface area contributed by atoms with E-state index in [4.69, 9.17) is 0 Å². The Kier molecular flexibility index (Phi) is 7.04. The molecule has 168 valence electrons. The maximum atomic E-state index is 12.8. The summed E-state index contributed by atoms with van der Waals surface area (Å²) >= 11 is 1.48. The lowest BCUT2D eigenvalue weighted by Gasteiger charge is -2.20. The van der Waals surface area contributed by atoms with Gasteiger partial charge in [0.15, 0.2) is 0 Å². The van der Waals surface area contributed by atoms with Crippen molar-refractivity contribution >= 4 is 29.4 Å². The van der Waals surface area contributed by atoms with Crippen molar-refractivity contribution in [2.75, 3.05) is 19.6 Å². The van der Waals surface area contributed by atoms with E-state index in [1.165, 1.54) is 11.8 Å². The molecule has 0 aliphatic carbocycles. The second-order valence-corrected chi connectivity index (χ2v) is 8.98. The molecule has 1 N–H and O–H groups in total. The predicted molar refractivity (Wildman–Crippen MR) is 124 cm³/mol. The lowest BCUT2D eigenvalue weighted by atomic mass is 10.1. The fourth-order valence-electron chi connectivity index (χ4n) is 3.89. The number of rotatable bonds is 7. The molecule has 4 rings (SSSR count). The molecule has 9 heteroatoms. The van der Waals surface area contributed by atoms with Gasteiger partial charge in [0.25, 0.3) is 11.7 Å². The SMILES string of the molecule is Cc1cc(C)n2nc(SCc3ccccc3C(=O)NCCN3CCCCCC3=O)nc2n1. The highest BCUT2D eigenvalue weighted by Gasteiger charge is 2.17. The number of aryl methyl sites for hydroxylation is 2. The number of hydrogen-bond acceptors (Lipinski definition) is 6. The molecular weight excluding hydrogens is 424 g/mol. The van der Waals surface area contributed by atoms with Crippen LogP contribution >= 0.6 is 11.8 Å². The molecule has 2 amide bonds. The number of amides is 2. The van der Waals surface area contributed by atoms with Crippen LogP contribution in [0.5, 0.6) is 0 Å². The summed E-state index contributed by atoms with van der Waals surface area (Å²) in [4.78, 5) is 35.7. The summed E-state index contributed by atoms with van der Waals surface area (Å²) in [6.45, 7) is 5.69. The second kappa shape index (κ2) is 10.1. The number of nitrogens with zero attached hydrogens (tertiary/aromatic N) is 5. The zero-order valence-electron chi connectivity index (χ0n) is 18.5. The number of thioether (sulfide) groups is 1. The Balaban J connectivity index is 1.37. The minimum absolute atomic E-state index is 0.125. The van der Waals surface area contributed by atoms with Crippen LogP contribution in [0.3, 0.4) is 0 Å². The minimum Gasteiger partial charge on any atom is -0.350 e. The first-order valence-electron chi connectivity index (χ1n) is 11.0. The molecule has 0 atom stereocenters. The highest BCUT2D eigenvalue weighted by atomic mass is 32.2. The van der Waals surface area contributed by atoms with Crippen molar-refractivity contribution in [3.63, 3.8) is 0 Å². The molecule has 0 saturated carbocycles. The molecule has 1 aliphatic rings. The first kappa shape index (κ1) is 22.3. The number of benzene rings is 1. The molecule has 0 bridgehead atoms. The van der Waals surface area contributed by atoms with Gasteiger partial charge in [-0.3, -0.25) is 9.59 Å². The van der Waals surface area contributed by atoms with Crippen LogP contribution in [0.2, 0.25) is 0 Å². The predicted octanol–water partition coefficient (Wildman–Crippen LogP) is 3.17. The van der Waals surface area contributed by atoms with Gasteiger partial charge in [0.1, 0.15) is 0 Å². The Hall–Kier alpha value is -2.94. The van der Waals surface area contributed by atoms with E-state index in [-0.39, 0.29) is 11.8 Å². The number of likely N-dealkylation sites (tertiary alicyclic amines) is 1. The van der Waals surface area contributed by atoms with E-state index in [1.807, 2.05) is 49.1 Å². The molecule has 1 aliphatic heterocycles. The Morgan fingerprint density at radius 2 is 2.00 bits per heavy atom. The molecule has 2 aromatic heterocycles. The van der Waals surface area contributed by atoms with Crippen molar-refractivity contribution in [1.29, 1.82) is 0 Å². The van der Waals surface area contributed by atoms with Crippen LogP contribution in [0.1, 0.15) is 53.0 Å². The molecule has 0 spiro atoms. The third-order valence-corrected chi connectivity index (χ3v) is 6.44. The van der Waals surface area contributed by atoms with Gasteiger partial charge in [-0.25, -0.2) is 9.50 Å². The third kappa shape index (κ3) is 5.27. The van der Waals surface area contributed by atoms with E-state index in [0.717, 1.165) is 42.8 Å². The molecule has 3 aromatic rings. The van der Waals surface area contributed by atoms with Gasteiger partial charge in [0.2, 0.25) is 11.1 Å². The Morgan fingerprint density at radius 3 is 2.88 bits per heavy atom. The standard InChI is InChI=1S/C23H28N6O2S/c1-16-14-17(2)29-22(25-16)26-23(27-29)32-15-18-8-5-6-9-19(18)21(31)24-11-13-28-12-7-3-4-10-20(28)30/h5-6,8-9,14H,3-4,7,10-13,15H2,1-2H3,(H,24,31). The summed E-state index contributed by atoms with van der Waals surface area (Å²) in [7, 11) is 0. The number of nitrogens with one attached hydrogen (secondary N) is 1. The van der Waals surface area contributed by atoms with Crippen molar-refractivity contribution in [3.05, 3.63) is 52.8 Å². The summed E-state index contributed by atoms with van der Waals surface area (Å²) in [5.74, 6) is 1.22. The third-order valence-electron chi connectivity index (χ3n) is 5.56. The summed E-state index contributed by atoms with van der Waals surface area (Å²) in [6, 6.07) is 9.53. The maximum absolute atomic E-state index is 12.8.